The molecule has 28 heavy (non-hydrogen) atoms. The van der Waals surface area contributed by atoms with E-state index in [-0.39, 0.29) is 23.8 Å². The molecule has 0 atom stereocenters. The fourth-order valence-corrected chi connectivity index (χ4v) is 2.55. The molecule has 0 spiro atoms. The third-order valence-electron chi connectivity index (χ3n) is 3.82. The van der Waals surface area contributed by atoms with Gasteiger partial charge < -0.3 is 9.15 Å². The summed E-state index contributed by atoms with van der Waals surface area (Å²) in [5.74, 6) is -0.304. The highest BCUT2D eigenvalue weighted by Gasteiger charge is 2.16. The minimum Gasteiger partial charge on any atom is -0.479 e. The number of carbonyl (C=O) groups excluding carboxylic acids is 1. The maximum Gasteiger partial charge on any atom is 0.311 e. The zero-order valence-corrected chi connectivity index (χ0v) is 15.1. The fraction of sp³-hybridized carbons (Fsp3) is 0.158. The zero-order valence-electron chi connectivity index (χ0n) is 15.1. The number of aryl methyl sites for hydroxylation is 2. The van der Waals surface area contributed by atoms with Crippen LogP contribution in [0.15, 0.2) is 46.9 Å². The number of nitro groups is 1. The third kappa shape index (κ3) is 4.32. The van der Waals surface area contributed by atoms with Gasteiger partial charge in [-0.1, -0.05) is 0 Å². The molecular weight excluding hydrogens is 369 g/mol. The van der Waals surface area contributed by atoms with Crippen molar-refractivity contribution in [3.8, 4) is 5.75 Å². The van der Waals surface area contributed by atoms with E-state index in [1.54, 1.807) is 32.2 Å². The van der Waals surface area contributed by atoms with E-state index < -0.39 is 10.7 Å². The first kappa shape index (κ1) is 19.0. The lowest BCUT2D eigenvalue weighted by Crippen LogP contribution is -2.03. The van der Waals surface area contributed by atoms with Crippen molar-refractivity contribution in [2.75, 3.05) is 0 Å². The molecule has 0 unspecified atom stereocenters. The number of ether oxygens (including phenoxy) is 1. The van der Waals surface area contributed by atoms with Crippen LogP contribution in [0.1, 0.15) is 27.7 Å². The number of benzene rings is 1. The van der Waals surface area contributed by atoms with Crippen LogP contribution < -0.4 is 4.74 Å². The summed E-state index contributed by atoms with van der Waals surface area (Å²) in [5.41, 5.74) is 0.843. The van der Waals surface area contributed by atoms with E-state index in [0.717, 1.165) is 23.9 Å². The molecule has 0 aliphatic carbocycles. The highest BCUT2D eigenvalue weighted by Crippen LogP contribution is 2.28. The standard InChI is InChI=1S/C19H16FN3O5/c1-12-9-17(22(2)21-12)18(24)8-6-14-4-5-15(28-14)11-27-19-10-13(20)3-7-16(19)23(25)26/h3-10H,11H2,1-2H3/b8-6+. The summed E-state index contributed by atoms with van der Waals surface area (Å²) in [6, 6.07) is 7.87. The van der Waals surface area contributed by atoms with E-state index in [4.69, 9.17) is 9.15 Å². The molecule has 0 amide bonds. The van der Waals surface area contributed by atoms with Gasteiger partial charge in [0.1, 0.15) is 29.6 Å². The quantitative estimate of drug-likeness (QED) is 0.265. The Morgan fingerprint density at radius 1 is 1.36 bits per heavy atom. The van der Waals surface area contributed by atoms with Crippen molar-refractivity contribution in [3.05, 3.63) is 81.3 Å². The van der Waals surface area contributed by atoms with Gasteiger partial charge in [0.05, 0.1) is 10.6 Å². The van der Waals surface area contributed by atoms with Gasteiger partial charge in [0, 0.05) is 19.2 Å². The first-order chi connectivity index (χ1) is 13.3. The number of rotatable bonds is 7. The first-order valence-corrected chi connectivity index (χ1v) is 8.22. The Hall–Kier alpha value is -3.75. The maximum atomic E-state index is 13.3. The normalized spacial score (nSPS) is 11.1. The van der Waals surface area contributed by atoms with E-state index in [0.29, 0.717) is 17.2 Å². The van der Waals surface area contributed by atoms with Gasteiger partial charge in [0.2, 0.25) is 5.78 Å². The summed E-state index contributed by atoms with van der Waals surface area (Å²) < 4.78 is 25.6. The summed E-state index contributed by atoms with van der Waals surface area (Å²) in [6.45, 7) is 1.66. The smallest absolute Gasteiger partial charge is 0.311 e. The Bertz CT molecular complexity index is 1070. The lowest BCUT2D eigenvalue weighted by Gasteiger charge is -2.05. The number of allylic oxidation sites excluding steroid dienone is 1. The molecule has 3 aromatic rings. The Labute approximate surface area is 159 Å². The molecule has 0 saturated carbocycles. The van der Waals surface area contributed by atoms with Gasteiger partial charge in [-0.2, -0.15) is 5.10 Å². The molecule has 2 heterocycles. The molecule has 0 saturated heterocycles. The zero-order chi connectivity index (χ0) is 20.3. The fourth-order valence-electron chi connectivity index (χ4n) is 2.55. The molecule has 144 valence electrons. The SMILES string of the molecule is Cc1cc(C(=O)/C=C/c2ccc(COc3cc(F)ccc3[N+](=O)[O-])o2)n(C)n1. The van der Waals surface area contributed by atoms with Crippen molar-refractivity contribution in [2.45, 2.75) is 13.5 Å². The largest absolute Gasteiger partial charge is 0.479 e. The molecule has 0 aliphatic heterocycles. The summed E-state index contributed by atoms with van der Waals surface area (Å²) in [6.07, 6.45) is 2.86. The van der Waals surface area contributed by atoms with Crippen LogP contribution >= 0.6 is 0 Å². The molecule has 9 heteroatoms. The molecule has 0 N–H and O–H groups in total. The van der Waals surface area contributed by atoms with Gasteiger partial charge in [-0.25, -0.2) is 4.39 Å². The van der Waals surface area contributed by atoms with Gasteiger partial charge in [0.15, 0.2) is 5.75 Å². The van der Waals surface area contributed by atoms with Crippen LogP contribution in [0.2, 0.25) is 0 Å². The number of nitrogens with zero attached hydrogens (tertiary/aromatic N) is 3. The molecule has 8 nitrogen and oxygen atoms in total. The second kappa shape index (κ2) is 7.87. The van der Waals surface area contributed by atoms with E-state index in [2.05, 4.69) is 5.10 Å². The highest BCUT2D eigenvalue weighted by atomic mass is 19.1. The molecule has 2 aromatic heterocycles. The number of hydrogen-bond acceptors (Lipinski definition) is 6. The number of ketones is 1. The number of furan rings is 1. The van der Waals surface area contributed by atoms with E-state index in [9.17, 15) is 19.3 Å². The maximum absolute atomic E-state index is 13.3. The van der Waals surface area contributed by atoms with Crippen molar-refractivity contribution < 1.29 is 23.3 Å². The second-order valence-corrected chi connectivity index (χ2v) is 5.95. The minimum absolute atomic E-state index is 0.132. The van der Waals surface area contributed by atoms with Gasteiger partial charge >= 0.3 is 5.69 Å². The van der Waals surface area contributed by atoms with Gasteiger partial charge in [-0.3, -0.25) is 19.6 Å². The van der Waals surface area contributed by atoms with Crippen LogP contribution in [0.25, 0.3) is 6.08 Å². The van der Waals surface area contributed by atoms with Crippen LogP contribution in [0, 0.1) is 22.9 Å². The predicted octanol–water partition coefficient (Wildman–Crippen LogP) is 3.84. The Morgan fingerprint density at radius 3 is 2.82 bits per heavy atom. The molecule has 0 bridgehead atoms. The van der Waals surface area contributed by atoms with Crippen molar-refractivity contribution in [3.63, 3.8) is 0 Å². The van der Waals surface area contributed by atoms with E-state index >= 15 is 0 Å². The predicted molar refractivity (Wildman–Crippen MR) is 97.4 cm³/mol. The highest BCUT2D eigenvalue weighted by molar-refractivity contribution is 6.05. The number of hydrogen-bond donors (Lipinski definition) is 0. The van der Waals surface area contributed by atoms with Gasteiger partial charge in [-0.15, -0.1) is 0 Å². The molecular formula is C19H16FN3O5. The second-order valence-electron chi connectivity index (χ2n) is 5.95. The van der Waals surface area contributed by atoms with Crippen LogP contribution in [-0.4, -0.2) is 20.5 Å². The van der Waals surface area contributed by atoms with Crippen molar-refractivity contribution in [2.24, 2.45) is 7.05 Å². The van der Waals surface area contributed by atoms with Crippen LogP contribution in [-0.2, 0) is 13.7 Å². The molecule has 0 radical (unpaired) electrons. The molecule has 1 aromatic carbocycles. The Balaban J connectivity index is 1.66. The summed E-state index contributed by atoms with van der Waals surface area (Å²) >= 11 is 0. The summed E-state index contributed by atoms with van der Waals surface area (Å²) in [7, 11) is 1.68. The van der Waals surface area contributed by atoms with Crippen molar-refractivity contribution >= 4 is 17.5 Å². The number of aromatic nitrogens is 2. The summed E-state index contributed by atoms with van der Waals surface area (Å²) in [5, 5.41) is 15.1. The van der Waals surface area contributed by atoms with Crippen LogP contribution in [0.5, 0.6) is 5.75 Å². The van der Waals surface area contributed by atoms with Gasteiger partial charge in [-0.05, 0) is 43.3 Å². The number of carbonyl (C=O) groups is 1. The first-order valence-electron chi connectivity index (χ1n) is 8.22. The summed E-state index contributed by atoms with van der Waals surface area (Å²) in [4.78, 5) is 22.5. The number of halogens is 1. The minimum atomic E-state index is -0.656. The number of nitro benzene ring substituents is 1. The van der Waals surface area contributed by atoms with Crippen LogP contribution in [0.4, 0.5) is 10.1 Å². The van der Waals surface area contributed by atoms with E-state index in [1.807, 2.05) is 0 Å². The van der Waals surface area contributed by atoms with E-state index in [1.165, 1.54) is 16.8 Å². The van der Waals surface area contributed by atoms with Crippen LogP contribution in [0.3, 0.4) is 0 Å². The molecule has 3 rings (SSSR count). The van der Waals surface area contributed by atoms with Crippen molar-refractivity contribution in [1.82, 2.24) is 9.78 Å². The monoisotopic (exact) mass is 385 g/mol. The lowest BCUT2D eigenvalue weighted by atomic mass is 10.2. The molecule has 0 fully saturated rings. The average molecular weight is 385 g/mol. The van der Waals surface area contributed by atoms with Crippen molar-refractivity contribution in [1.29, 1.82) is 0 Å². The van der Waals surface area contributed by atoms with Gasteiger partial charge in [0.25, 0.3) is 0 Å². The third-order valence-corrected chi connectivity index (χ3v) is 3.82. The topological polar surface area (TPSA) is 100 Å². The Kier molecular flexibility index (Phi) is 5.35. The lowest BCUT2D eigenvalue weighted by molar-refractivity contribution is -0.386. The molecule has 0 aliphatic rings. The average Bonchev–Trinajstić information content (AvgIpc) is 3.23. The Morgan fingerprint density at radius 2 is 2.14 bits per heavy atom.